The van der Waals surface area contributed by atoms with Crippen LogP contribution in [0.1, 0.15) is 33.6 Å². The Labute approximate surface area is 135 Å². The molecule has 0 heterocycles. The molecule has 0 aliphatic carbocycles. The topological polar surface area (TPSA) is 64.1 Å². The molecule has 0 aliphatic rings. The van der Waals surface area contributed by atoms with Crippen LogP contribution >= 0.6 is 37.9 Å². The van der Waals surface area contributed by atoms with Gasteiger partial charge in [0.1, 0.15) is 0 Å². The van der Waals surface area contributed by atoms with Crippen molar-refractivity contribution < 1.29 is 0 Å². The molecule has 0 rings (SSSR count). The molecule has 0 aliphatic heterocycles. The fourth-order valence-corrected chi connectivity index (χ4v) is 2.18. The lowest BCUT2D eigenvalue weighted by atomic mass is 9.82. The fraction of sp³-hybridized carbons (Fsp3) is 1.00. The summed E-state index contributed by atoms with van der Waals surface area (Å²) in [5, 5.41) is 3.53. The maximum Gasteiger partial charge on any atom is 0.0364 e. The molecule has 0 aromatic carbocycles. The summed E-state index contributed by atoms with van der Waals surface area (Å²) >= 11 is 13.2. The molecule has 0 spiro atoms. The van der Waals surface area contributed by atoms with Gasteiger partial charge in [-0.05, 0) is 37.9 Å². The van der Waals surface area contributed by atoms with E-state index < -0.39 is 0 Å². The average molecular weight is 326 g/mol. The van der Waals surface area contributed by atoms with Gasteiger partial charge < -0.3 is 16.8 Å². The van der Waals surface area contributed by atoms with Gasteiger partial charge in [0.2, 0.25) is 0 Å². The van der Waals surface area contributed by atoms with Crippen LogP contribution in [0, 0.1) is 5.41 Å². The van der Waals surface area contributed by atoms with Gasteiger partial charge in [0.25, 0.3) is 0 Å². The van der Waals surface area contributed by atoms with Crippen molar-refractivity contribution in [3.8, 4) is 0 Å². The Hall–Kier alpha value is 0.930. The quantitative estimate of drug-likeness (QED) is 0.346. The predicted octanol–water partition coefficient (Wildman–Crippen LogP) is 1.59. The Morgan fingerprint density at radius 2 is 1.53 bits per heavy atom. The van der Waals surface area contributed by atoms with Crippen molar-refractivity contribution in [1.82, 2.24) is 5.32 Å². The molecule has 3 atom stereocenters. The predicted molar refractivity (Wildman–Crippen MR) is 97.0 cm³/mol. The number of nitrogens with two attached hydrogens (primary N) is 2. The minimum absolute atomic E-state index is 0.103. The highest BCUT2D eigenvalue weighted by Crippen LogP contribution is 2.28. The van der Waals surface area contributed by atoms with Crippen molar-refractivity contribution in [1.29, 1.82) is 0 Å². The molecular formula is C13H31N3S3. The van der Waals surface area contributed by atoms with Crippen molar-refractivity contribution in [3.63, 3.8) is 0 Å². The Balaban J connectivity index is 4.45. The minimum Gasteiger partial charge on any atom is -0.329 e. The Bertz CT molecular complexity index is 258. The lowest BCUT2D eigenvalue weighted by molar-refractivity contribution is 0.252. The van der Waals surface area contributed by atoms with Crippen LogP contribution in [-0.2, 0) is 0 Å². The third-order valence-corrected chi connectivity index (χ3v) is 5.97. The highest BCUT2D eigenvalue weighted by atomic mass is 32.1. The van der Waals surface area contributed by atoms with Gasteiger partial charge in [0.05, 0.1) is 0 Å². The maximum absolute atomic E-state index is 6.16. The molecule has 0 aromatic rings. The lowest BCUT2D eigenvalue weighted by Crippen LogP contribution is -2.54. The first-order chi connectivity index (χ1) is 8.66. The Kier molecular flexibility index (Phi) is 8.80. The summed E-state index contributed by atoms with van der Waals surface area (Å²) in [4.78, 5) is 0. The van der Waals surface area contributed by atoms with Crippen LogP contribution in [0.2, 0.25) is 0 Å². The van der Waals surface area contributed by atoms with Gasteiger partial charge in [-0.3, -0.25) is 0 Å². The van der Waals surface area contributed by atoms with Crippen molar-refractivity contribution in [2.75, 3.05) is 30.3 Å². The fourth-order valence-electron chi connectivity index (χ4n) is 1.51. The zero-order valence-corrected chi connectivity index (χ0v) is 15.1. The molecule has 3 nitrogen and oxygen atoms in total. The van der Waals surface area contributed by atoms with Crippen molar-refractivity contribution in [3.05, 3.63) is 0 Å². The second kappa shape index (κ2) is 8.39. The van der Waals surface area contributed by atoms with Gasteiger partial charge in [0.15, 0.2) is 0 Å². The monoisotopic (exact) mass is 325 g/mol. The summed E-state index contributed by atoms with van der Waals surface area (Å²) < 4.78 is 0. The number of hydrogen-bond acceptors (Lipinski definition) is 6. The van der Waals surface area contributed by atoms with E-state index in [4.69, 9.17) is 11.5 Å². The minimum atomic E-state index is -0.214. The summed E-state index contributed by atoms with van der Waals surface area (Å²) in [6, 6.07) is 0. The summed E-state index contributed by atoms with van der Waals surface area (Å²) in [5.74, 6) is 2.23. The number of hydrogen-bond donors (Lipinski definition) is 6. The van der Waals surface area contributed by atoms with Gasteiger partial charge in [-0.25, -0.2) is 0 Å². The molecule has 0 saturated carbocycles. The second-order valence-electron chi connectivity index (χ2n) is 6.56. The third kappa shape index (κ3) is 7.48. The van der Waals surface area contributed by atoms with E-state index in [0.29, 0.717) is 12.3 Å². The highest BCUT2D eigenvalue weighted by Gasteiger charge is 2.29. The van der Waals surface area contributed by atoms with Gasteiger partial charge >= 0.3 is 0 Å². The normalized spacial score (nSPS) is 21.5. The summed E-state index contributed by atoms with van der Waals surface area (Å²) in [7, 11) is 0. The molecule has 19 heavy (non-hydrogen) atoms. The van der Waals surface area contributed by atoms with E-state index in [0.717, 1.165) is 30.9 Å². The van der Waals surface area contributed by atoms with Crippen LogP contribution in [0.5, 0.6) is 0 Å². The van der Waals surface area contributed by atoms with E-state index in [1.807, 2.05) is 6.92 Å². The van der Waals surface area contributed by atoms with Gasteiger partial charge in [-0.15, -0.1) is 0 Å². The smallest absolute Gasteiger partial charge is 0.0364 e. The second-order valence-corrected chi connectivity index (χ2v) is 7.51. The van der Waals surface area contributed by atoms with E-state index in [1.54, 1.807) is 0 Å². The van der Waals surface area contributed by atoms with Gasteiger partial charge in [-0.2, -0.15) is 37.9 Å². The molecule has 0 unspecified atom stereocenters. The first-order valence-electron chi connectivity index (χ1n) is 6.72. The van der Waals surface area contributed by atoms with Crippen LogP contribution < -0.4 is 16.8 Å². The molecule has 116 valence electrons. The van der Waals surface area contributed by atoms with Crippen molar-refractivity contribution >= 4 is 37.9 Å². The first kappa shape index (κ1) is 19.9. The highest BCUT2D eigenvalue weighted by molar-refractivity contribution is 7.80. The largest absolute Gasteiger partial charge is 0.329 e. The number of rotatable bonds is 10. The van der Waals surface area contributed by atoms with Crippen molar-refractivity contribution in [2.24, 2.45) is 16.9 Å². The summed E-state index contributed by atoms with van der Waals surface area (Å²) in [6.07, 6.45) is 1.96. The van der Waals surface area contributed by atoms with Gasteiger partial charge in [-0.1, -0.05) is 6.92 Å². The van der Waals surface area contributed by atoms with Crippen LogP contribution in [0.3, 0.4) is 0 Å². The third-order valence-electron chi connectivity index (χ3n) is 3.78. The molecule has 0 aromatic heterocycles. The standard InChI is InChI=1S/C13H31N3S3/c1-11(8-17,4-5-12(2,15)9-18)7-16-13(3,6-14)10-19/h16-19H,4-10,14-15H2,1-3H3/t11-,12-,13-/m1/s1. The molecule has 6 heteroatoms. The maximum atomic E-state index is 6.16. The Morgan fingerprint density at radius 1 is 0.947 bits per heavy atom. The first-order valence-corrected chi connectivity index (χ1v) is 8.62. The average Bonchev–Trinajstić information content (AvgIpc) is 2.42. The zero-order valence-electron chi connectivity index (χ0n) is 12.4. The number of nitrogens with one attached hydrogen (secondary N) is 1. The van der Waals surface area contributed by atoms with E-state index in [1.165, 1.54) is 0 Å². The van der Waals surface area contributed by atoms with Gasteiger partial charge in [0, 0.05) is 35.7 Å². The molecular weight excluding hydrogens is 294 g/mol. The van der Waals surface area contributed by atoms with Crippen LogP contribution in [0.25, 0.3) is 0 Å². The zero-order chi connectivity index (χ0) is 15.2. The van der Waals surface area contributed by atoms with Crippen LogP contribution in [0.15, 0.2) is 0 Å². The van der Waals surface area contributed by atoms with Crippen LogP contribution in [-0.4, -0.2) is 41.4 Å². The Morgan fingerprint density at radius 3 is 1.89 bits per heavy atom. The summed E-state index contributed by atoms with van der Waals surface area (Å²) in [6.45, 7) is 7.82. The molecule has 0 saturated heterocycles. The molecule has 0 bridgehead atoms. The van der Waals surface area contributed by atoms with E-state index >= 15 is 0 Å². The lowest BCUT2D eigenvalue weighted by Gasteiger charge is -2.36. The molecule has 0 amide bonds. The van der Waals surface area contributed by atoms with E-state index in [-0.39, 0.29) is 16.5 Å². The van der Waals surface area contributed by atoms with Crippen LogP contribution in [0.4, 0.5) is 0 Å². The molecule has 0 radical (unpaired) electrons. The number of thiol groups is 3. The van der Waals surface area contributed by atoms with Crippen molar-refractivity contribution in [2.45, 2.75) is 44.7 Å². The SMILES string of the molecule is C[C@](N)(CS)CC[C@@](C)(CS)CN[C@](C)(CN)CS. The summed E-state index contributed by atoms with van der Waals surface area (Å²) in [5.41, 5.74) is 11.7. The molecule has 0 fully saturated rings. The van der Waals surface area contributed by atoms with E-state index in [9.17, 15) is 0 Å². The van der Waals surface area contributed by atoms with E-state index in [2.05, 4.69) is 57.1 Å². The molecule has 5 N–H and O–H groups in total.